The van der Waals surface area contributed by atoms with E-state index in [2.05, 4.69) is 26.8 Å². The van der Waals surface area contributed by atoms with Gasteiger partial charge in [0.2, 0.25) is 0 Å². The van der Waals surface area contributed by atoms with Gasteiger partial charge in [0.05, 0.1) is 37.9 Å². The summed E-state index contributed by atoms with van der Waals surface area (Å²) in [7, 11) is 1.39. The van der Waals surface area contributed by atoms with Gasteiger partial charge in [0.1, 0.15) is 0 Å². The fraction of sp³-hybridized carbons (Fsp3) is 0.583. The number of carbonyl (C=O) groups excluding carboxylic acids is 2. The van der Waals surface area contributed by atoms with Crippen LogP contribution in [0.2, 0.25) is 0 Å². The molecular formula is C24H34O5. The van der Waals surface area contributed by atoms with Gasteiger partial charge in [0, 0.05) is 5.92 Å². The molecule has 5 heteroatoms. The van der Waals surface area contributed by atoms with E-state index >= 15 is 0 Å². The molecular weight excluding hydrogens is 368 g/mol. The highest BCUT2D eigenvalue weighted by molar-refractivity contribution is 5.89. The molecule has 0 aliphatic carbocycles. The molecule has 2 rings (SSSR count). The van der Waals surface area contributed by atoms with Crippen molar-refractivity contribution in [2.24, 2.45) is 17.8 Å². The molecule has 0 saturated carbocycles. The average Bonchev–Trinajstić information content (AvgIpc) is 2.74. The van der Waals surface area contributed by atoms with E-state index in [9.17, 15) is 9.59 Å². The molecule has 0 aromatic heterocycles. The molecule has 160 valence electrons. The quantitative estimate of drug-likeness (QED) is 0.415. The lowest BCUT2D eigenvalue weighted by atomic mass is 9.87. The predicted octanol–water partition coefficient (Wildman–Crippen LogP) is 4.81. The Hall–Kier alpha value is -2.14. The van der Waals surface area contributed by atoms with Gasteiger partial charge in [-0.25, -0.2) is 4.79 Å². The van der Waals surface area contributed by atoms with Gasteiger partial charge in [-0.2, -0.15) is 0 Å². The predicted molar refractivity (Wildman–Crippen MR) is 113 cm³/mol. The lowest BCUT2D eigenvalue weighted by Crippen LogP contribution is -2.32. The van der Waals surface area contributed by atoms with Gasteiger partial charge in [-0.1, -0.05) is 51.5 Å². The molecule has 0 N–H and O–H groups in total. The van der Waals surface area contributed by atoms with Gasteiger partial charge < -0.3 is 14.2 Å². The van der Waals surface area contributed by atoms with Crippen molar-refractivity contribution in [2.45, 2.75) is 52.6 Å². The second-order valence-electron chi connectivity index (χ2n) is 8.00. The molecule has 1 aromatic carbocycles. The van der Waals surface area contributed by atoms with Crippen molar-refractivity contribution in [3.63, 3.8) is 0 Å². The zero-order valence-electron chi connectivity index (χ0n) is 18.1. The van der Waals surface area contributed by atoms with Crippen LogP contribution in [0.15, 0.2) is 42.0 Å². The number of rotatable bonds is 10. The van der Waals surface area contributed by atoms with Crippen LogP contribution in [0.4, 0.5) is 0 Å². The first-order valence-electron chi connectivity index (χ1n) is 10.6. The van der Waals surface area contributed by atoms with E-state index in [4.69, 9.17) is 14.2 Å². The van der Waals surface area contributed by atoms with E-state index in [0.717, 1.165) is 12.8 Å². The Balaban J connectivity index is 1.88. The van der Waals surface area contributed by atoms with Gasteiger partial charge >= 0.3 is 11.9 Å². The molecule has 29 heavy (non-hydrogen) atoms. The molecule has 0 spiro atoms. The first-order chi connectivity index (χ1) is 13.9. The van der Waals surface area contributed by atoms with E-state index < -0.39 is 0 Å². The Morgan fingerprint density at radius 3 is 2.59 bits per heavy atom. The van der Waals surface area contributed by atoms with E-state index in [1.54, 1.807) is 24.3 Å². The Bertz CT molecular complexity index is 682. The fourth-order valence-electron chi connectivity index (χ4n) is 3.63. The van der Waals surface area contributed by atoms with Crippen molar-refractivity contribution in [2.75, 3.05) is 20.3 Å². The van der Waals surface area contributed by atoms with Crippen molar-refractivity contribution < 1.29 is 23.8 Å². The molecule has 0 fully saturated rings. The smallest absolute Gasteiger partial charge is 0.338 e. The highest BCUT2D eigenvalue weighted by Crippen LogP contribution is 2.29. The molecule has 0 bridgehead atoms. The van der Waals surface area contributed by atoms with Gasteiger partial charge in [-0.3, -0.25) is 4.79 Å². The molecule has 1 heterocycles. The van der Waals surface area contributed by atoms with Crippen LogP contribution in [0.5, 0.6) is 0 Å². The number of ether oxygens (including phenoxy) is 3. The number of carbonyl (C=O) groups is 2. The Kier molecular flexibility index (Phi) is 9.39. The zero-order chi connectivity index (χ0) is 21.2. The molecule has 5 nitrogen and oxygen atoms in total. The van der Waals surface area contributed by atoms with Crippen LogP contribution in [0, 0.1) is 17.8 Å². The Morgan fingerprint density at radius 2 is 1.97 bits per heavy atom. The van der Waals surface area contributed by atoms with Gasteiger partial charge in [-0.15, -0.1) is 0 Å². The maximum atomic E-state index is 12.3. The third kappa shape index (κ3) is 7.32. The van der Waals surface area contributed by atoms with Crippen molar-refractivity contribution in [3.05, 3.63) is 47.5 Å². The van der Waals surface area contributed by atoms with E-state index in [-0.39, 0.29) is 36.5 Å². The zero-order valence-corrected chi connectivity index (χ0v) is 18.1. The van der Waals surface area contributed by atoms with Crippen LogP contribution in [-0.2, 0) is 19.0 Å². The summed E-state index contributed by atoms with van der Waals surface area (Å²) in [5.41, 5.74) is 1.85. The molecule has 1 aliphatic rings. The standard InChI is InChI=1S/C24H34O5/c1-5-17(2)13-19-14-18(3)22(29-16-19)15-21(23(25)27-4)11-12-28-24(26)20-9-7-6-8-10-20/h6-10,14,17-18,21-22H,5,11-13,15-16H2,1-4H3. The Morgan fingerprint density at radius 1 is 1.24 bits per heavy atom. The maximum absolute atomic E-state index is 12.3. The van der Waals surface area contributed by atoms with Gasteiger partial charge in [-0.05, 0) is 42.9 Å². The minimum absolute atomic E-state index is 0.0374. The van der Waals surface area contributed by atoms with Gasteiger partial charge in [0.15, 0.2) is 0 Å². The SMILES string of the molecule is CCC(C)CC1=CC(C)C(CC(CCOC(=O)c2ccccc2)C(=O)OC)OC1. The summed E-state index contributed by atoms with van der Waals surface area (Å²) in [6.07, 6.45) is 5.45. The molecule has 4 unspecified atom stereocenters. The van der Waals surface area contributed by atoms with Crippen molar-refractivity contribution in [1.29, 1.82) is 0 Å². The number of hydrogen-bond acceptors (Lipinski definition) is 5. The minimum Gasteiger partial charge on any atom is -0.469 e. The average molecular weight is 403 g/mol. The number of methoxy groups -OCH3 is 1. The van der Waals surface area contributed by atoms with Crippen LogP contribution in [0.1, 0.15) is 56.8 Å². The summed E-state index contributed by atoms with van der Waals surface area (Å²) in [6.45, 7) is 7.37. The van der Waals surface area contributed by atoms with E-state index in [1.807, 2.05) is 6.07 Å². The number of esters is 2. The first-order valence-corrected chi connectivity index (χ1v) is 10.6. The molecule has 1 aromatic rings. The lowest BCUT2D eigenvalue weighted by molar-refractivity contribution is -0.148. The monoisotopic (exact) mass is 402 g/mol. The van der Waals surface area contributed by atoms with Crippen LogP contribution < -0.4 is 0 Å². The lowest BCUT2D eigenvalue weighted by Gasteiger charge is -2.31. The first kappa shape index (κ1) is 23.1. The van der Waals surface area contributed by atoms with Gasteiger partial charge in [0.25, 0.3) is 0 Å². The third-order valence-electron chi connectivity index (χ3n) is 5.64. The van der Waals surface area contributed by atoms with Crippen molar-refractivity contribution in [1.82, 2.24) is 0 Å². The number of hydrogen-bond donors (Lipinski definition) is 0. The molecule has 0 amide bonds. The molecule has 4 atom stereocenters. The summed E-state index contributed by atoms with van der Waals surface area (Å²) in [5.74, 6) is -0.141. The highest BCUT2D eigenvalue weighted by Gasteiger charge is 2.29. The highest BCUT2D eigenvalue weighted by atomic mass is 16.5. The molecule has 0 radical (unpaired) electrons. The summed E-state index contributed by atoms with van der Waals surface area (Å²) in [4.78, 5) is 24.3. The topological polar surface area (TPSA) is 61.8 Å². The fourth-order valence-corrected chi connectivity index (χ4v) is 3.63. The maximum Gasteiger partial charge on any atom is 0.338 e. The minimum atomic E-state index is -0.380. The molecule has 1 aliphatic heterocycles. The van der Waals surface area contributed by atoms with Crippen LogP contribution in [0.25, 0.3) is 0 Å². The summed E-state index contributed by atoms with van der Waals surface area (Å²) in [5, 5.41) is 0. The third-order valence-corrected chi connectivity index (χ3v) is 5.64. The summed E-state index contributed by atoms with van der Waals surface area (Å²) in [6, 6.07) is 8.84. The second-order valence-corrected chi connectivity index (χ2v) is 8.00. The van der Waals surface area contributed by atoms with Crippen LogP contribution >= 0.6 is 0 Å². The van der Waals surface area contributed by atoms with E-state index in [1.165, 1.54) is 12.7 Å². The van der Waals surface area contributed by atoms with Crippen LogP contribution in [0.3, 0.4) is 0 Å². The largest absolute Gasteiger partial charge is 0.469 e. The van der Waals surface area contributed by atoms with Crippen LogP contribution in [-0.4, -0.2) is 38.4 Å². The normalized spacial score (nSPS) is 21.0. The van der Waals surface area contributed by atoms with E-state index in [0.29, 0.717) is 30.9 Å². The molecule has 0 saturated heterocycles. The Labute approximate surface area is 174 Å². The number of benzene rings is 1. The van der Waals surface area contributed by atoms with Crippen molar-refractivity contribution >= 4 is 11.9 Å². The second kappa shape index (κ2) is 11.8. The summed E-state index contributed by atoms with van der Waals surface area (Å²) >= 11 is 0. The summed E-state index contributed by atoms with van der Waals surface area (Å²) < 4.78 is 16.4. The van der Waals surface area contributed by atoms with Crippen molar-refractivity contribution in [3.8, 4) is 0 Å².